The Morgan fingerprint density at radius 1 is 0.878 bits per heavy atom. The zero-order chi connectivity index (χ0) is 28.9. The first-order chi connectivity index (χ1) is 20.0. The van der Waals surface area contributed by atoms with Crippen LogP contribution in [0.1, 0.15) is 22.4 Å². The molecule has 0 aliphatic heterocycles. The number of alkyl carbamates (subject to hydrolysis) is 1. The van der Waals surface area contributed by atoms with Crippen LogP contribution in [0.2, 0.25) is 0 Å². The Balaban J connectivity index is 1.44. The largest absolute Gasteiger partial charge is 0.489 e. The van der Waals surface area contributed by atoms with E-state index in [0.29, 0.717) is 18.1 Å². The molecule has 10 heteroatoms. The molecular weight excluding hydrogens is 524 g/mol. The lowest BCUT2D eigenvalue weighted by Crippen LogP contribution is -2.51. The molecule has 0 saturated carbocycles. The summed E-state index contributed by atoms with van der Waals surface area (Å²) in [5, 5.41) is 2.65. The normalized spacial score (nSPS) is 11.2. The van der Waals surface area contributed by atoms with Crippen molar-refractivity contribution in [1.82, 2.24) is 20.2 Å². The molecule has 0 fully saturated rings. The van der Waals surface area contributed by atoms with Gasteiger partial charge in [-0.1, -0.05) is 72.8 Å². The zero-order valence-corrected chi connectivity index (χ0v) is 22.7. The lowest BCUT2D eigenvalue weighted by atomic mass is 10.1. The minimum absolute atomic E-state index is 0.0439. The number of aromatic nitrogens is 2. The summed E-state index contributed by atoms with van der Waals surface area (Å²) in [6.07, 6.45) is 2.40. The van der Waals surface area contributed by atoms with E-state index in [-0.39, 0.29) is 26.1 Å². The number of H-pyrrole nitrogens is 1. The topological polar surface area (TPSA) is 123 Å². The molecule has 212 valence electrons. The van der Waals surface area contributed by atoms with Crippen LogP contribution in [-0.4, -0.2) is 52.5 Å². The van der Waals surface area contributed by atoms with Gasteiger partial charge in [-0.2, -0.15) is 0 Å². The van der Waals surface area contributed by atoms with Gasteiger partial charge in [-0.3, -0.25) is 9.59 Å². The van der Waals surface area contributed by atoms with Crippen LogP contribution in [-0.2, 0) is 45.2 Å². The third-order valence-electron chi connectivity index (χ3n) is 6.19. The molecule has 2 amide bonds. The molecule has 1 atom stereocenters. The van der Waals surface area contributed by atoms with Crippen LogP contribution in [0.15, 0.2) is 97.5 Å². The van der Waals surface area contributed by atoms with E-state index in [2.05, 4.69) is 15.3 Å². The van der Waals surface area contributed by atoms with Gasteiger partial charge in [0.2, 0.25) is 5.91 Å². The maximum atomic E-state index is 13.8. The first kappa shape index (κ1) is 28.9. The van der Waals surface area contributed by atoms with Crippen molar-refractivity contribution in [1.29, 1.82) is 0 Å². The molecule has 0 bridgehead atoms. The maximum Gasteiger partial charge on any atom is 0.408 e. The highest BCUT2D eigenvalue weighted by Gasteiger charge is 2.29. The van der Waals surface area contributed by atoms with E-state index in [1.165, 1.54) is 18.3 Å². The number of methoxy groups -OCH3 is 1. The fraction of sp³-hybridized carbons (Fsp3) is 0.226. The minimum atomic E-state index is -1.03. The molecule has 4 aromatic rings. The summed E-state index contributed by atoms with van der Waals surface area (Å²) < 4.78 is 16.0. The van der Waals surface area contributed by atoms with Gasteiger partial charge in [0.1, 0.15) is 31.5 Å². The molecule has 1 heterocycles. The van der Waals surface area contributed by atoms with Crippen LogP contribution in [0.5, 0.6) is 5.75 Å². The minimum Gasteiger partial charge on any atom is -0.489 e. The van der Waals surface area contributed by atoms with Crippen LogP contribution < -0.4 is 10.1 Å². The van der Waals surface area contributed by atoms with Gasteiger partial charge in [0.15, 0.2) is 0 Å². The Bertz CT molecular complexity index is 1380. The Labute approximate surface area is 238 Å². The van der Waals surface area contributed by atoms with Gasteiger partial charge in [0.25, 0.3) is 0 Å². The number of nitrogens with one attached hydrogen (secondary N) is 2. The van der Waals surface area contributed by atoms with Gasteiger partial charge in [-0.05, 0) is 28.8 Å². The lowest BCUT2D eigenvalue weighted by molar-refractivity contribution is -0.148. The highest BCUT2D eigenvalue weighted by Crippen LogP contribution is 2.17. The van der Waals surface area contributed by atoms with Gasteiger partial charge in [-0.15, -0.1) is 0 Å². The van der Waals surface area contributed by atoms with E-state index >= 15 is 0 Å². The monoisotopic (exact) mass is 556 g/mol. The Morgan fingerprint density at radius 2 is 1.54 bits per heavy atom. The number of imidazole rings is 1. The van der Waals surface area contributed by atoms with Crippen molar-refractivity contribution in [2.75, 3.05) is 13.7 Å². The van der Waals surface area contributed by atoms with Gasteiger partial charge in [-0.25, -0.2) is 9.78 Å². The molecule has 0 aliphatic rings. The van der Waals surface area contributed by atoms with Crippen LogP contribution in [0.4, 0.5) is 4.79 Å². The third-order valence-corrected chi connectivity index (χ3v) is 6.19. The molecule has 2 N–H and O–H groups in total. The molecule has 41 heavy (non-hydrogen) atoms. The number of carbonyl (C=O) groups is 3. The first-order valence-electron chi connectivity index (χ1n) is 13.1. The Hall–Kier alpha value is -5.12. The van der Waals surface area contributed by atoms with Gasteiger partial charge in [0, 0.05) is 24.9 Å². The fourth-order valence-electron chi connectivity index (χ4n) is 4.03. The average molecular weight is 557 g/mol. The summed E-state index contributed by atoms with van der Waals surface area (Å²) in [5.74, 6) is -0.400. The number of amides is 2. The van der Waals surface area contributed by atoms with Crippen molar-refractivity contribution in [2.45, 2.75) is 32.2 Å². The van der Waals surface area contributed by atoms with Crippen molar-refractivity contribution in [3.8, 4) is 5.75 Å². The maximum absolute atomic E-state index is 13.8. The van der Waals surface area contributed by atoms with Crippen molar-refractivity contribution in [2.24, 2.45) is 0 Å². The van der Waals surface area contributed by atoms with Crippen molar-refractivity contribution in [3.63, 3.8) is 0 Å². The summed E-state index contributed by atoms with van der Waals surface area (Å²) in [7, 11) is 1.26. The van der Waals surface area contributed by atoms with Gasteiger partial charge < -0.3 is 29.4 Å². The summed E-state index contributed by atoms with van der Waals surface area (Å²) in [6.45, 7) is 0.269. The Kier molecular flexibility index (Phi) is 10.5. The first-order valence-corrected chi connectivity index (χ1v) is 13.1. The number of rotatable bonds is 13. The number of esters is 1. The number of carbonyl (C=O) groups excluding carboxylic acids is 3. The van der Waals surface area contributed by atoms with Crippen LogP contribution in [0.25, 0.3) is 0 Å². The predicted molar refractivity (Wildman–Crippen MR) is 150 cm³/mol. The second-order valence-electron chi connectivity index (χ2n) is 9.23. The van der Waals surface area contributed by atoms with E-state index in [9.17, 15) is 14.4 Å². The smallest absolute Gasteiger partial charge is 0.408 e. The highest BCUT2D eigenvalue weighted by atomic mass is 16.5. The molecule has 0 saturated heterocycles. The zero-order valence-electron chi connectivity index (χ0n) is 22.7. The van der Waals surface area contributed by atoms with E-state index in [1.807, 2.05) is 72.8 Å². The van der Waals surface area contributed by atoms with E-state index in [1.54, 1.807) is 18.3 Å². The van der Waals surface area contributed by atoms with Crippen molar-refractivity contribution < 1.29 is 28.6 Å². The van der Waals surface area contributed by atoms with Gasteiger partial charge >= 0.3 is 12.1 Å². The summed E-state index contributed by atoms with van der Waals surface area (Å²) in [4.78, 5) is 47.0. The van der Waals surface area contributed by atoms with Crippen molar-refractivity contribution in [3.05, 3.63) is 120 Å². The molecule has 0 spiro atoms. The van der Waals surface area contributed by atoms with E-state index in [4.69, 9.17) is 14.2 Å². The third kappa shape index (κ3) is 9.24. The van der Waals surface area contributed by atoms with Crippen LogP contribution in [0, 0.1) is 0 Å². The van der Waals surface area contributed by atoms with Gasteiger partial charge in [0.05, 0.1) is 13.4 Å². The van der Waals surface area contributed by atoms with E-state index < -0.39 is 24.0 Å². The lowest BCUT2D eigenvalue weighted by Gasteiger charge is -2.27. The fourth-order valence-corrected chi connectivity index (χ4v) is 4.03. The molecule has 0 unspecified atom stereocenters. The molecule has 4 rings (SSSR count). The van der Waals surface area contributed by atoms with Crippen molar-refractivity contribution >= 4 is 18.0 Å². The second kappa shape index (κ2) is 14.9. The number of ether oxygens (including phenoxy) is 3. The standard InChI is InChI=1S/C31H32N4O6/c1-39-29(36)19-35(18-23-12-14-27(15-13-23)40-20-24-8-4-2-5-9-24)30(37)28(16-26-17-32-22-33-26)34-31(38)41-21-25-10-6-3-7-11-25/h2-15,17,22,28H,16,18-21H2,1H3,(H,32,33)(H,34,38)/t28-/m0/s1. The Morgan fingerprint density at radius 3 is 2.15 bits per heavy atom. The van der Waals surface area contributed by atoms with E-state index in [0.717, 1.165) is 16.7 Å². The number of hydrogen-bond donors (Lipinski definition) is 2. The number of aromatic amines is 1. The van der Waals surface area contributed by atoms with Crippen LogP contribution in [0.3, 0.4) is 0 Å². The number of nitrogens with zero attached hydrogens (tertiary/aromatic N) is 2. The summed E-state index contributed by atoms with van der Waals surface area (Å²) in [5.41, 5.74) is 3.25. The average Bonchev–Trinajstić information content (AvgIpc) is 3.53. The highest BCUT2D eigenvalue weighted by molar-refractivity contribution is 5.88. The summed E-state index contributed by atoms with van der Waals surface area (Å²) in [6, 6.07) is 25.2. The molecule has 1 aromatic heterocycles. The molecule has 10 nitrogen and oxygen atoms in total. The molecule has 0 aliphatic carbocycles. The number of hydrogen-bond acceptors (Lipinski definition) is 7. The molecule has 0 radical (unpaired) electrons. The molecular formula is C31H32N4O6. The SMILES string of the molecule is COC(=O)CN(Cc1ccc(OCc2ccccc2)cc1)C(=O)[C@H](Cc1cnc[nH]1)NC(=O)OCc1ccccc1. The second-order valence-corrected chi connectivity index (χ2v) is 9.23. The quantitative estimate of drug-likeness (QED) is 0.238. The molecule has 3 aromatic carbocycles. The predicted octanol–water partition coefficient (Wildman–Crippen LogP) is 4.03. The van der Waals surface area contributed by atoms with Crippen LogP contribution >= 0.6 is 0 Å². The number of benzene rings is 3. The summed E-state index contributed by atoms with van der Waals surface area (Å²) >= 11 is 0.